The molecular weight excluding hydrogens is 574 g/mol. The number of benzene rings is 3. The third-order valence-electron chi connectivity index (χ3n) is 4.52. The average molecular weight is 595 g/mol. The van der Waals surface area contributed by atoms with Gasteiger partial charge in [-0.05, 0) is 68.3 Å². The van der Waals surface area contributed by atoms with E-state index >= 15 is 0 Å². The molecule has 3 rings (SSSR count). The Morgan fingerprint density at radius 1 is 0.765 bits per heavy atom. The molecule has 0 spiro atoms. The highest BCUT2D eigenvalue weighted by molar-refractivity contribution is 9.11. The molecule has 10 heteroatoms. The van der Waals surface area contributed by atoms with E-state index in [1.165, 1.54) is 21.3 Å². The molecule has 0 radical (unpaired) electrons. The molecule has 1 amide bonds. The van der Waals surface area contributed by atoms with Gasteiger partial charge in [-0.15, -0.1) is 0 Å². The van der Waals surface area contributed by atoms with Crippen molar-refractivity contribution in [3.63, 3.8) is 0 Å². The van der Waals surface area contributed by atoms with Gasteiger partial charge in [0.15, 0.2) is 18.1 Å². The Hall–Kier alpha value is -3.24. The molecule has 0 aliphatic rings. The molecular formula is C24H21Br2NO7. The maximum absolute atomic E-state index is 12.8. The summed E-state index contributed by atoms with van der Waals surface area (Å²) in [6, 6.07) is 16.1. The third-order valence-corrected chi connectivity index (χ3v) is 6.03. The number of halogens is 2. The first-order valence-corrected chi connectivity index (χ1v) is 11.4. The van der Waals surface area contributed by atoms with Gasteiger partial charge in [-0.2, -0.15) is 0 Å². The Labute approximate surface area is 213 Å². The van der Waals surface area contributed by atoms with Gasteiger partial charge in [0.05, 0.1) is 35.8 Å². The summed E-state index contributed by atoms with van der Waals surface area (Å²) >= 11 is 6.67. The van der Waals surface area contributed by atoms with E-state index in [1.807, 2.05) is 30.3 Å². The monoisotopic (exact) mass is 593 g/mol. The van der Waals surface area contributed by atoms with Crippen molar-refractivity contribution in [3.05, 3.63) is 69.1 Å². The van der Waals surface area contributed by atoms with Crippen molar-refractivity contribution in [2.45, 2.75) is 0 Å². The standard InChI is InChI=1S/C24H21Br2NO7/c1-30-21-19(25)18(20(26)22(31-2)23(21)32-3)24(29)33-13-17(28)27-14-9-11-16(12-10-14)34-15-7-5-4-6-8-15/h4-12H,13H2,1-3H3,(H,27,28). The number of para-hydroxylation sites is 1. The molecule has 8 nitrogen and oxygen atoms in total. The average Bonchev–Trinajstić information content (AvgIpc) is 2.84. The number of ether oxygens (including phenoxy) is 5. The van der Waals surface area contributed by atoms with E-state index in [-0.39, 0.29) is 22.8 Å². The number of hydrogen-bond acceptors (Lipinski definition) is 7. The van der Waals surface area contributed by atoms with Gasteiger partial charge in [-0.25, -0.2) is 4.79 Å². The van der Waals surface area contributed by atoms with Gasteiger partial charge in [0, 0.05) is 5.69 Å². The number of carbonyl (C=O) groups is 2. The van der Waals surface area contributed by atoms with Gasteiger partial charge < -0.3 is 29.0 Å². The fourth-order valence-corrected chi connectivity index (χ4v) is 4.66. The maximum atomic E-state index is 12.8. The first-order valence-electron chi connectivity index (χ1n) is 9.86. The second kappa shape index (κ2) is 11.8. The molecule has 0 unspecified atom stereocenters. The fourth-order valence-electron chi connectivity index (χ4n) is 2.99. The van der Waals surface area contributed by atoms with Crippen LogP contribution in [0, 0.1) is 0 Å². The summed E-state index contributed by atoms with van der Waals surface area (Å²) in [7, 11) is 4.30. The van der Waals surface area contributed by atoms with Crippen LogP contribution in [0.4, 0.5) is 5.69 Å². The van der Waals surface area contributed by atoms with Crippen LogP contribution >= 0.6 is 31.9 Å². The predicted octanol–water partition coefficient (Wildman–Crippen LogP) is 5.83. The zero-order valence-corrected chi connectivity index (χ0v) is 21.7. The SMILES string of the molecule is COc1c(Br)c(C(=O)OCC(=O)Nc2ccc(Oc3ccccc3)cc2)c(Br)c(OC)c1OC. The number of anilines is 1. The van der Waals surface area contributed by atoms with Crippen LogP contribution in [-0.2, 0) is 9.53 Å². The normalized spacial score (nSPS) is 10.3. The number of methoxy groups -OCH3 is 3. The molecule has 0 saturated heterocycles. The van der Waals surface area contributed by atoms with Crippen molar-refractivity contribution in [2.75, 3.05) is 33.3 Å². The van der Waals surface area contributed by atoms with E-state index < -0.39 is 18.5 Å². The molecule has 0 aliphatic heterocycles. The predicted molar refractivity (Wildman–Crippen MR) is 133 cm³/mol. The highest BCUT2D eigenvalue weighted by atomic mass is 79.9. The highest BCUT2D eigenvalue weighted by Gasteiger charge is 2.29. The van der Waals surface area contributed by atoms with E-state index in [1.54, 1.807) is 24.3 Å². The fraction of sp³-hybridized carbons (Fsp3) is 0.167. The quantitative estimate of drug-likeness (QED) is 0.312. The Morgan fingerprint density at radius 3 is 1.82 bits per heavy atom. The summed E-state index contributed by atoms with van der Waals surface area (Å²) in [5.74, 6) is 0.832. The molecule has 0 saturated carbocycles. The minimum atomic E-state index is -0.764. The number of rotatable bonds is 9. The first kappa shape index (κ1) is 25.4. The zero-order valence-electron chi connectivity index (χ0n) is 18.5. The van der Waals surface area contributed by atoms with Gasteiger partial charge in [-0.3, -0.25) is 4.79 Å². The molecule has 178 valence electrons. The Morgan fingerprint density at radius 2 is 1.29 bits per heavy atom. The Balaban J connectivity index is 1.64. The minimum Gasteiger partial charge on any atom is -0.492 e. The number of esters is 1. The van der Waals surface area contributed by atoms with Gasteiger partial charge >= 0.3 is 5.97 Å². The maximum Gasteiger partial charge on any atom is 0.341 e. The van der Waals surface area contributed by atoms with E-state index in [0.29, 0.717) is 26.1 Å². The topological polar surface area (TPSA) is 92.3 Å². The van der Waals surface area contributed by atoms with Crippen LogP contribution in [-0.4, -0.2) is 39.8 Å². The summed E-state index contributed by atoms with van der Waals surface area (Å²) < 4.78 is 27.5. The lowest BCUT2D eigenvalue weighted by molar-refractivity contribution is -0.119. The van der Waals surface area contributed by atoms with Crippen LogP contribution in [0.25, 0.3) is 0 Å². The number of nitrogens with one attached hydrogen (secondary N) is 1. The van der Waals surface area contributed by atoms with Crippen molar-refractivity contribution in [3.8, 4) is 28.7 Å². The molecule has 1 N–H and O–H groups in total. The molecule has 0 heterocycles. The lowest BCUT2D eigenvalue weighted by Crippen LogP contribution is -2.21. The van der Waals surface area contributed by atoms with Crippen molar-refractivity contribution < 1.29 is 33.3 Å². The summed E-state index contributed by atoms with van der Waals surface area (Å²) in [5, 5.41) is 2.67. The largest absolute Gasteiger partial charge is 0.492 e. The van der Waals surface area contributed by atoms with E-state index in [2.05, 4.69) is 37.2 Å². The second-order valence-corrected chi connectivity index (χ2v) is 8.25. The molecule has 3 aromatic rings. The van der Waals surface area contributed by atoms with Crippen LogP contribution in [0.15, 0.2) is 63.5 Å². The van der Waals surface area contributed by atoms with Gasteiger partial charge in [0.2, 0.25) is 5.75 Å². The molecule has 0 fully saturated rings. The van der Waals surface area contributed by atoms with Gasteiger partial charge in [-0.1, -0.05) is 18.2 Å². The lowest BCUT2D eigenvalue weighted by Gasteiger charge is -2.18. The Kier molecular flexibility index (Phi) is 8.78. The molecule has 0 aromatic heterocycles. The van der Waals surface area contributed by atoms with Crippen LogP contribution in [0.2, 0.25) is 0 Å². The van der Waals surface area contributed by atoms with Gasteiger partial charge in [0.1, 0.15) is 11.5 Å². The minimum absolute atomic E-state index is 0.0877. The van der Waals surface area contributed by atoms with Crippen molar-refractivity contribution >= 4 is 49.4 Å². The van der Waals surface area contributed by atoms with Crippen LogP contribution in [0.5, 0.6) is 28.7 Å². The lowest BCUT2D eigenvalue weighted by atomic mass is 10.2. The molecule has 0 aliphatic carbocycles. The summed E-state index contributed by atoms with van der Waals surface area (Å²) in [5.41, 5.74) is 0.612. The van der Waals surface area contributed by atoms with E-state index in [4.69, 9.17) is 23.7 Å². The number of amides is 1. The molecule has 34 heavy (non-hydrogen) atoms. The van der Waals surface area contributed by atoms with Crippen LogP contribution in [0.1, 0.15) is 10.4 Å². The first-order chi connectivity index (χ1) is 16.4. The summed E-state index contributed by atoms with van der Waals surface area (Å²) in [4.78, 5) is 25.1. The summed E-state index contributed by atoms with van der Waals surface area (Å²) in [6.07, 6.45) is 0. The Bertz CT molecular complexity index is 1140. The second-order valence-electron chi connectivity index (χ2n) is 6.67. The van der Waals surface area contributed by atoms with Gasteiger partial charge in [0.25, 0.3) is 5.91 Å². The number of carbonyl (C=O) groups excluding carboxylic acids is 2. The van der Waals surface area contributed by atoms with Crippen molar-refractivity contribution in [1.29, 1.82) is 0 Å². The summed E-state index contributed by atoms with van der Waals surface area (Å²) in [6.45, 7) is -0.503. The molecule has 0 bridgehead atoms. The highest BCUT2D eigenvalue weighted by Crippen LogP contribution is 2.50. The smallest absolute Gasteiger partial charge is 0.341 e. The zero-order chi connectivity index (χ0) is 24.7. The number of hydrogen-bond donors (Lipinski definition) is 1. The third kappa shape index (κ3) is 5.81. The van der Waals surface area contributed by atoms with Crippen LogP contribution in [0.3, 0.4) is 0 Å². The molecule has 3 aromatic carbocycles. The van der Waals surface area contributed by atoms with Crippen LogP contribution < -0.4 is 24.3 Å². The van der Waals surface area contributed by atoms with E-state index in [9.17, 15) is 9.59 Å². The molecule has 0 atom stereocenters. The van der Waals surface area contributed by atoms with Crippen molar-refractivity contribution in [1.82, 2.24) is 0 Å². The van der Waals surface area contributed by atoms with Crippen molar-refractivity contribution in [2.24, 2.45) is 0 Å². The van der Waals surface area contributed by atoms with E-state index in [0.717, 1.165) is 0 Å².